The zero-order valence-electron chi connectivity index (χ0n) is 12.3. The first-order chi connectivity index (χ1) is 9.82. The standard InChI is InChI=1S/C14H20N2O5/c1-14(2,3)11(8-17)16-13(19)15-7-12(18)21-9-10-5-4-6-20-10/h4-6,8,11H,7,9H2,1-3H3,(H2,15,16,19). The minimum absolute atomic E-state index is 0.00802. The number of esters is 1. The third-order valence-corrected chi connectivity index (χ3v) is 2.70. The number of aldehydes is 1. The summed E-state index contributed by atoms with van der Waals surface area (Å²) in [6.07, 6.45) is 2.13. The lowest BCUT2D eigenvalue weighted by molar-refractivity contribution is -0.144. The fourth-order valence-corrected chi connectivity index (χ4v) is 1.40. The lowest BCUT2D eigenvalue weighted by Crippen LogP contribution is -2.49. The first-order valence-corrected chi connectivity index (χ1v) is 6.50. The first-order valence-electron chi connectivity index (χ1n) is 6.50. The molecule has 1 heterocycles. The fraction of sp³-hybridized carbons (Fsp3) is 0.500. The summed E-state index contributed by atoms with van der Waals surface area (Å²) in [7, 11) is 0. The van der Waals surface area contributed by atoms with Crippen LogP contribution >= 0.6 is 0 Å². The van der Waals surface area contributed by atoms with Crippen molar-refractivity contribution in [1.29, 1.82) is 0 Å². The van der Waals surface area contributed by atoms with Gasteiger partial charge in [0.05, 0.1) is 12.3 Å². The largest absolute Gasteiger partial charge is 0.466 e. The van der Waals surface area contributed by atoms with Crippen molar-refractivity contribution in [3.05, 3.63) is 24.2 Å². The van der Waals surface area contributed by atoms with Crippen molar-refractivity contribution in [1.82, 2.24) is 10.6 Å². The van der Waals surface area contributed by atoms with Crippen molar-refractivity contribution in [2.45, 2.75) is 33.4 Å². The predicted molar refractivity (Wildman–Crippen MR) is 74.3 cm³/mol. The van der Waals surface area contributed by atoms with Crippen LogP contribution in [0.3, 0.4) is 0 Å². The molecular weight excluding hydrogens is 276 g/mol. The molecule has 0 aliphatic carbocycles. The van der Waals surface area contributed by atoms with Crippen LogP contribution in [0.1, 0.15) is 26.5 Å². The van der Waals surface area contributed by atoms with Crippen LogP contribution in [0.15, 0.2) is 22.8 Å². The van der Waals surface area contributed by atoms with Crippen LogP contribution in [-0.2, 0) is 20.9 Å². The maximum atomic E-state index is 11.6. The monoisotopic (exact) mass is 296 g/mol. The number of carbonyl (C=O) groups is 3. The Bertz CT molecular complexity index is 476. The Kier molecular flexibility index (Phi) is 5.95. The van der Waals surface area contributed by atoms with Gasteiger partial charge in [0.15, 0.2) is 0 Å². The SMILES string of the molecule is CC(C)(C)C(C=O)NC(=O)NCC(=O)OCc1ccco1. The maximum absolute atomic E-state index is 11.6. The van der Waals surface area contributed by atoms with Gasteiger partial charge in [0.25, 0.3) is 0 Å². The second-order valence-electron chi connectivity index (χ2n) is 5.55. The van der Waals surface area contributed by atoms with Gasteiger partial charge in [-0.3, -0.25) is 4.79 Å². The number of carbonyl (C=O) groups excluding carboxylic acids is 3. The number of ether oxygens (including phenoxy) is 1. The summed E-state index contributed by atoms with van der Waals surface area (Å²) in [6.45, 7) is 5.19. The maximum Gasteiger partial charge on any atom is 0.325 e. The zero-order chi connectivity index (χ0) is 15.9. The molecule has 1 rings (SSSR count). The van der Waals surface area contributed by atoms with Gasteiger partial charge in [-0.2, -0.15) is 0 Å². The molecule has 1 aromatic rings. The molecule has 2 amide bonds. The van der Waals surface area contributed by atoms with E-state index in [1.807, 2.05) is 20.8 Å². The molecule has 0 aliphatic rings. The van der Waals surface area contributed by atoms with Gasteiger partial charge in [0.2, 0.25) is 0 Å². The Morgan fingerprint density at radius 3 is 2.67 bits per heavy atom. The quantitative estimate of drug-likeness (QED) is 0.608. The molecule has 21 heavy (non-hydrogen) atoms. The van der Waals surface area contributed by atoms with Gasteiger partial charge in [0, 0.05) is 0 Å². The van der Waals surface area contributed by atoms with Crippen molar-refractivity contribution < 1.29 is 23.5 Å². The topological polar surface area (TPSA) is 97.6 Å². The highest BCUT2D eigenvalue weighted by Crippen LogP contribution is 2.17. The van der Waals surface area contributed by atoms with E-state index >= 15 is 0 Å². The lowest BCUT2D eigenvalue weighted by atomic mass is 9.88. The molecule has 0 saturated carbocycles. The molecule has 0 aliphatic heterocycles. The number of hydrogen-bond acceptors (Lipinski definition) is 5. The third-order valence-electron chi connectivity index (χ3n) is 2.70. The van der Waals surface area contributed by atoms with Gasteiger partial charge >= 0.3 is 12.0 Å². The van der Waals surface area contributed by atoms with Crippen LogP contribution in [0.2, 0.25) is 0 Å². The Hall–Kier alpha value is -2.31. The summed E-state index contributed by atoms with van der Waals surface area (Å²) < 4.78 is 9.89. The molecule has 0 saturated heterocycles. The average Bonchev–Trinajstić information content (AvgIpc) is 2.92. The van der Waals surface area contributed by atoms with Crippen LogP contribution in [0.25, 0.3) is 0 Å². The Labute approximate surface area is 123 Å². The van der Waals surface area contributed by atoms with E-state index in [0.717, 1.165) is 0 Å². The van der Waals surface area contributed by atoms with Crippen molar-refractivity contribution in [3.63, 3.8) is 0 Å². The van der Waals surface area contributed by atoms with Crippen LogP contribution in [0, 0.1) is 5.41 Å². The Balaban J connectivity index is 2.28. The van der Waals surface area contributed by atoms with E-state index in [-0.39, 0.29) is 13.2 Å². The molecule has 0 spiro atoms. The summed E-state index contributed by atoms with van der Waals surface area (Å²) in [6, 6.07) is 2.11. The molecule has 7 heteroatoms. The van der Waals surface area contributed by atoms with Crippen molar-refractivity contribution in [3.8, 4) is 0 Å². The number of urea groups is 1. The Morgan fingerprint density at radius 2 is 2.14 bits per heavy atom. The minimum Gasteiger partial charge on any atom is -0.466 e. The van der Waals surface area contributed by atoms with Gasteiger partial charge in [-0.1, -0.05) is 20.8 Å². The molecule has 0 aromatic carbocycles. The summed E-state index contributed by atoms with van der Waals surface area (Å²) in [5, 5.41) is 4.82. The highest BCUT2D eigenvalue weighted by atomic mass is 16.5. The molecular formula is C14H20N2O5. The molecule has 2 N–H and O–H groups in total. The molecule has 1 unspecified atom stereocenters. The molecule has 1 aromatic heterocycles. The van der Waals surface area contributed by atoms with Crippen molar-refractivity contribution in [2.75, 3.05) is 6.54 Å². The highest BCUT2D eigenvalue weighted by molar-refractivity contribution is 5.82. The molecule has 116 valence electrons. The number of amides is 2. The molecule has 7 nitrogen and oxygen atoms in total. The van der Waals surface area contributed by atoms with Crippen LogP contribution in [0.5, 0.6) is 0 Å². The number of hydrogen-bond donors (Lipinski definition) is 2. The van der Waals surface area contributed by atoms with E-state index in [4.69, 9.17) is 9.15 Å². The van der Waals surface area contributed by atoms with Gasteiger partial charge < -0.3 is 24.6 Å². The van der Waals surface area contributed by atoms with Crippen LogP contribution in [0.4, 0.5) is 4.79 Å². The normalized spacial score (nSPS) is 12.3. The van der Waals surface area contributed by atoms with Gasteiger partial charge in [-0.15, -0.1) is 0 Å². The van der Waals surface area contributed by atoms with E-state index < -0.39 is 23.5 Å². The van der Waals surface area contributed by atoms with E-state index in [1.165, 1.54) is 6.26 Å². The van der Waals surface area contributed by atoms with Gasteiger partial charge in [0.1, 0.15) is 25.2 Å². The van der Waals surface area contributed by atoms with E-state index in [2.05, 4.69) is 10.6 Å². The minimum atomic E-state index is -0.642. The number of furan rings is 1. The van der Waals surface area contributed by atoms with Gasteiger partial charge in [-0.25, -0.2) is 4.79 Å². The average molecular weight is 296 g/mol. The molecule has 1 atom stereocenters. The van der Waals surface area contributed by atoms with E-state index in [9.17, 15) is 14.4 Å². The Morgan fingerprint density at radius 1 is 1.43 bits per heavy atom. The van der Waals surface area contributed by atoms with Crippen LogP contribution < -0.4 is 10.6 Å². The molecule has 0 bridgehead atoms. The smallest absolute Gasteiger partial charge is 0.325 e. The first kappa shape index (κ1) is 16.7. The number of rotatable bonds is 6. The number of nitrogens with one attached hydrogen (secondary N) is 2. The van der Waals surface area contributed by atoms with E-state index in [0.29, 0.717) is 12.0 Å². The van der Waals surface area contributed by atoms with Gasteiger partial charge in [-0.05, 0) is 17.5 Å². The van der Waals surface area contributed by atoms with Crippen molar-refractivity contribution in [2.24, 2.45) is 5.41 Å². The highest BCUT2D eigenvalue weighted by Gasteiger charge is 2.25. The summed E-state index contributed by atoms with van der Waals surface area (Å²) in [5.41, 5.74) is -0.404. The summed E-state index contributed by atoms with van der Waals surface area (Å²) in [5.74, 6) is -0.0819. The molecule has 0 fully saturated rings. The second kappa shape index (κ2) is 7.47. The zero-order valence-corrected chi connectivity index (χ0v) is 12.3. The van der Waals surface area contributed by atoms with Crippen LogP contribution in [-0.4, -0.2) is 30.9 Å². The van der Waals surface area contributed by atoms with E-state index in [1.54, 1.807) is 12.1 Å². The molecule has 0 radical (unpaired) electrons. The lowest BCUT2D eigenvalue weighted by Gasteiger charge is -2.26. The third kappa shape index (κ3) is 6.11. The summed E-state index contributed by atoms with van der Waals surface area (Å²) >= 11 is 0. The fourth-order valence-electron chi connectivity index (χ4n) is 1.40. The summed E-state index contributed by atoms with van der Waals surface area (Å²) in [4.78, 5) is 33.9. The van der Waals surface area contributed by atoms with Crippen molar-refractivity contribution >= 4 is 18.3 Å². The second-order valence-corrected chi connectivity index (χ2v) is 5.55. The predicted octanol–water partition coefficient (Wildman–Crippen LogP) is 1.24.